The molecule has 0 aliphatic rings. The topological polar surface area (TPSA) is 122 Å². The van der Waals surface area contributed by atoms with Gasteiger partial charge in [0, 0.05) is 36.6 Å². The fourth-order valence-electron chi connectivity index (χ4n) is 2.77. The number of nitro benzene ring substituents is 1. The standard InChI is InChI=1S/C21H22N6O3/c1-14-7-9-16(10-8-14)25-19-13-15(2)24-21(26-19)23-12-11-22-20(28)17-5-3-4-6-18(17)27(29)30/h3-10,13H,11-12H2,1-2H3,(H,22,28)(H2,23,24,25,26). The monoisotopic (exact) mass is 406 g/mol. The van der Waals surface area contributed by atoms with E-state index in [2.05, 4.69) is 25.9 Å². The maximum absolute atomic E-state index is 12.2. The van der Waals surface area contributed by atoms with Crippen molar-refractivity contribution in [1.29, 1.82) is 0 Å². The Morgan fingerprint density at radius 2 is 1.77 bits per heavy atom. The van der Waals surface area contributed by atoms with Crippen molar-refractivity contribution < 1.29 is 9.72 Å². The van der Waals surface area contributed by atoms with Gasteiger partial charge in [0.25, 0.3) is 11.6 Å². The summed E-state index contributed by atoms with van der Waals surface area (Å²) in [5.41, 5.74) is 2.67. The number of hydrogen-bond donors (Lipinski definition) is 3. The van der Waals surface area contributed by atoms with Crippen molar-refractivity contribution in [1.82, 2.24) is 15.3 Å². The van der Waals surface area contributed by atoms with Crippen molar-refractivity contribution in [3.8, 4) is 0 Å². The van der Waals surface area contributed by atoms with Crippen LogP contribution in [0, 0.1) is 24.0 Å². The van der Waals surface area contributed by atoms with Crippen molar-refractivity contribution in [2.75, 3.05) is 23.7 Å². The quantitative estimate of drug-likeness (QED) is 0.297. The third kappa shape index (κ3) is 5.51. The number of anilines is 3. The molecular formula is C21H22N6O3. The predicted octanol–water partition coefficient (Wildman–Crippen LogP) is 3.59. The highest BCUT2D eigenvalue weighted by Crippen LogP contribution is 2.18. The molecule has 9 heteroatoms. The summed E-state index contributed by atoms with van der Waals surface area (Å²) in [6.07, 6.45) is 0. The number of nitrogens with one attached hydrogen (secondary N) is 3. The van der Waals surface area contributed by atoms with Gasteiger partial charge in [-0.3, -0.25) is 14.9 Å². The Balaban J connectivity index is 1.56. The number of amides is 1. The van der Waals surface area contributed by atoms with Crippen molar-refractivity contribution >= 4 is 29.0 Å². The first-order chi connectivity index (χ1) is 14.4. The first kappa shape index (κ1) is 20.7. The largest absolute Gasteiger partial charge is 0.352 e. The van der Waals surface area contributed by atoms with Gasteiger partial charge in [0.1, 0.15) is 11.4 Å². The van der Waals surface area contributed by atoms with Gasteiger partial charge in [0.2, 0.25) is 5.95 Å². The summed E-state index contributed by atoms with van der Waals surface area (Å²) in [6, 6.07) is 15.6. The SMILES string of the molecule is Cc1ccc(Nc2cc(C)nc(NCCNC(=O)c3ccccc3[N+](=O)[O-])n2)cc1. The van der Waals surface area contributed by atoms with Crippen LogP contribution in [-0.2, 0) is 0 Å². The zero-order valence-corrected chi connectivity index (χ0v) is 16.7. The normalized spacial score (nSPS) is 10.3. The lowest BCUT2D eigenvalue weighted by atomic mass is 10.1. The lowest BCUT2D eigenvalue weighted by molar-refractivity contribution is -0.385. The Kier molecular flexibility index (Phi) is 6.53. The maximum atomic E-state index is 12.2. The number of carbonyl (C=O) groups excluding carboxylic acids is 1. The third-order valence-corrected chi connectivity index (χ3v) is 4.22. The van der Waals surface area contributed by atoms with Gasteiger partial charge in [0.15, 0.2) is 0 Å². The Morgan fingerprint density at radius 1 is 1.03 bits per heavy atom. The van der Waals surface area contributed by atoms with E-state index >= 15 is 0 Å². The molecule has 0 aliphatic carbocycles. The number of benzene rings is 2. The van der Waals surface area contributed by atoms with Crippen LogP contribution in [0.4, 0.5) is 23.1 Å². The molecule has 30 heavy (non-hydrogen) atoms. The van der Waals surface area contributed by atoms with Gasteiger partial charge >= 0.3 is 0 Å². The molecular weight excluding hydrogens is 384 g/mol. The van der Waals surface area contributed by atoms with E-state index in [1.807, 2.05) is 44.2 Å². The molecule has 0 atom stereocenters. The number of aryl methyl sites for hydroxylation is 2. The Hall–Kier alpha value is -4.01. The van der Waals surface area contributed by atoms with Crippen LogP contribution in [0.2, 0.25) is 0 Å². The van der Waals surface area contributed by atoms with Crippen molar-refractivity contribution in [2.45, 2.75) is 13.8 Å². The second kappa shape index (κ2) is 9.46. The molecule has 3 rings (SSSR count). The number of nitro groups is 1. The predicted molar refractivity (Wildman–Crippen MR) is 115 cm³/mol. The van der Waals surface area contributed by atoms with Crippen LogP contribution in [0.25, 0.3) is 0 Å². The van der Waals surface area contributed by atoms with Gasteiger partial charge < -0.3 is 16.0 Å². The first-order valence-electron chi connectivity index (χ1n) is 9.37. The molecule has 0 unspecified atom stereocenters. The summed E-state index contributed by atoms with van der Waals surface area (Å²) in [6.45, 7) is 4.50. The van der Waals surface area contributed by atoms with Gasteiger partial charge in [0.05, 0.1) is 4.92 Å². The number of aromatic nitrogens is 2. The molecule has 3 N–H and O–H groups in total. The Bertz CT molecular complexity index is 1050. The highest BCUT2D eigenvalue weighted by molar-refractivity contribution is 5.98. The molecule has 0 aliphatic heterocycles. The van der Waals surface area contributed by atoms with Gasteiger partial charge in [-0.1, -0.05) is 29.8 Å². The molecule has 0 spiro atoms. The molecule has 3 aromatic rings. The van der Waals surface area contributed by atoms with Crippen molar-refractivity contribution in [3.63, 3.8) is 0 Å². The smallest absolute Gasteiger partial charge is 0.282 e. The van der Waals surface area contributed by atoms with Crippen molar-refractivity contribution in [3.05, 3.63) is 81.5 Å². The maximum Gasteiger partial charge on any atom is 0.282 e. The van der Waals surface area contributed by atoms with E-state index in [4.69, 9.17) is 0 Å². The fourth-order valence-corrected chi connectivity index (χ4v) is 2.77. The van der Waals surface area contributed by atoms with Crippen LogP contribution in [-0.4, -0.2) is 33.9 Å². The lowest BCUT2D eigenvalue weighted by Crippen LogP contribution is -2.29. The third-order valence-electron chi connectivity index (χ3n) is 4.22. The van der Waals surface area contributed by atoms with E-state index < -0.39 is 10.8 Å². The van der Waals surface area contributed by atoms with Gasteiger partial charge in [-0.25, -0.2) is 4.98 Å². The molecule has 1 aromatic heterocycles. The second-order valence-electron chi connectivity index (χ2n) is 6.67. The molecule has 1 heterocycles. The van der Waals surface area contributed by atoms with E-state index in [0.717, 1.165) is 11.4 Å². The van der Waals surface area contributed by atoms with Gasteiger partial charge in [-0.15, -0.1) is 0 Å². The summed E-state index contributed by atoms with van der Waals surface area (Å²) in [5, 5.41) is 20.0. The van der Waals surface area contributed by atoms with E-state index in [-0.39, 0.29) is 17.8 Å². The average molecular weight is 406 g/mol. The molecule has 9 nitrogen and oxygen atoms in total. The first-order valence-corrected chi connectivity index (χ1v) is 9.37. The Labute approximate surface area is 173 Å². The zero-order chi connectivity index (χ0) is 21.5. The fraction of sp³-hybridized carbons (Fsp3) is 0.190. The zero-order valence-electron chi connectivity index (χ0n) is 16.7. The van der Waals surface area contributed by atoms with Crippen LogP contribution in [0.5, 0.6) is 0 Å². The summed E-state index contributed by atoms with van der Waals surface area (Å²) in [4.78, 5) is 31.5. The highest BCUT2D eigenvalue weighted by atomic mass is 16.6. The number of hydrogen-bond acceptors (Lipinski definition) is 7. The van der Waals surface area contributed by atoms with Crippen LogP contribution in [0.3, 0.4) is 0 Å². The van der Waals surface area contributed by atoms with Crippen molar-refractivity contribution in [2.24, 2.45) is 0 Å². The summed E-state index contributed by atoms with van der Waals surface area (Å²) < 4.78 is 0. The van der Waals surface area contributed by atoms with E-state index in [9.17, 15) is 14.9 Å². The molecule has 154 valence electrons. The van der Waals surface area contributed by atoms with Crippen LogP contribution >= 0.6 is 0 Å². The summed E-state index contributed by atoms with van der Waals surface area (Å²) in [5.74, 6) is 0.568. The molecule has 0 saturated heterocycles. The molecule has 0 radical (unpaired) electrons. The Morgan fingerprint density at radius 3 is 2.50 bits per heavy atom. The second-order valence-corrected chi connectivity index (χ2v) is 6.67. The molecule has 1 amide bonds. The van der Waals surface area contributed by atoms with Crippen LogP contribution in [0.15, 0.2) is 54.6 Å². The van der Waals surface area contributed by atoms with E-state index in [1.54, 1.807) is 6.07 Å². The molecule has 0 fully saturated rings. The minimum Gasteiger partial charge on any atom is -0.352 e. The molecule has 0 bridgehead atoms. The lowest BCUT2D eigenvalue weighted by Gasteiger charge is -2.11. The minimum atomic E-state index is -0.573. The number of para-hydroxylation sites is 1. The molecule has 2 aromatic carbocycles. The summed E-state index contributed by atoms with van der Waals surface area (Å²) >= 11 is 0. The number of nitrogens with zero attached hydrogens (tertiary/aromatic N) is 3. The van der Waals surface area contributed by atoms with Crippen LogP contribution in [0.1, 0.15) is 21.6 Å². The van der Waals surface area contributed by atoms with E-state index in [1.165, 1.54) is 23.8 Å². The van der Waals surface area contributed by atoms with Crippen LogP contribution < -0.4 is 16.0 Å². The van der Waals surface area contributed by atoms with Gasteiger partial charge in [-0.05, 0) is 32.0 Å². The molecule has 0 saturated carbocycles. The minimum absolute atomic E-state index is 0.0267. The van der Waals surface area contributed by atoms with Gasteiger partial charge in [-0.2, -0.15) is 4.98 Å². The number of carbonyl (C=O) groups is 1. The average Bonchev–Trinajstić information content (AvgIpc) is 2.72. The highest BCUT2D eigenvalue weighted by Gasteiger charge is 2.18. The van der Waals surface area contributed by atoms with E-state index in [0.29, 0.717) is 18.3 Å². The number of rotatable bonds is 8. The summed E-state index contributed by atoms with van der Waals surface area (Å²) in [7, 11) is 0.